The maximum absolute atomic E-state index is 11.9. The quantitative estimate of drug-likeness (QED) is 0.889. The molecule has 3 N–H and O–H groups in total. The van der Waals surface area contributed by atoms with Crippen molar-refractivity contribution in [3.05, 3.63) is 34.3 Å². The zero-order chi connectivity index (χ0) is 13.3. The Morgan fingerprint density at radius 2 is 2.17 bits per heavy atom. The monoisotopic (exact) mass is 310 g/mol. The molecule has 0 unspecified atom stereocenters. The van der Waals surface area contributed by atoms with Crippen molar-refractivity contribution in [2.24, 2.45) is 17.6 Å². The number of amides is 2. The third-order valence-corrected chi connectivity index (χ3v) is 3.69. The van der Waals surface area contributed by atoms with E-state index < -0.39 is 11.9 Å². The molecule has 0 bridgehead atoms. The van der Waals surface area contributed by atoms with E-state index in [0.717, 1.165) is 10.9 Å². The van der Waals surface area contributed by atoms with Crippen molar-refractivity contribution < 1.29 is 9.59 Å². The highest BCUT2D eigenvalue weighted by atomic mass is 79.9. The van der Waals surface area contributed by atoms with Crippen LogP contribution in [0.15, 0.2) is 28.7 Å². The van der Waals surface area contributed by atoms with Gasteiger partial charge in [0.25, 0.3) is 0 Å². The van der Waals surface area contributed by atoms with Crippen LogP contribution >= 0.6 is 15.9 Å². The van der Waals surface area contributed by atoms with Crippen LogP contribution in [0.4, 0.5) is 0 Å². The summed E-state index contributed by atoms with van der Waals surface area (Å²) in [4.78, 5) is 23.3. The number of hydrogen-bond acceptors (Lipinski definition) is 2. The van der Waals surface area contributed by atoms with E-state index in [4.69, 9.17) is 5.73 Å². The number of nitrogens with two attached hydrogens (primary N) is 1. The largest absolute Gasteiger partial charge is 0.368 e. The summed E-state index contributed by atoms with van der Waals surface area (Å²) in [5.74, 6) is -0.207. The van der Waals surface area contributed by atoms with E-state index in [1.807, 2.05) is 13.0 Å². The van der Waals surface area contributed by atoms with Gasteiger partial charge >= 0.3 is 0 Å². The van der Waals surface area contributed by atoms with E-state index in [1.54, 1.807) is 18.2 Å². The lowest BCUT2D eigenvalue weighted by Gasteiger charge is -2.16. The van der Waals surface area contributed by atoms with Crippen LogP contribution < -0.4 is 11.1 Å². The minimum Gasteiger partial charge on any atom is -0.368 e. The van der Waals surface area contributed by atoms with Gasteiger partial charge in [-0.1, -0.05) is 35.0 Å². The fourth-order valence-electron chi connectivity index (χ4n) is 1.94. The molecule has 5 heteroatoms. The number of carbonyl (C=O) groups excluding carboxylic acids is 2. The lowest BCUT2D eigenvalue weighted by atomic mass is 10.1. The summed E-state index contributed by atoms with van der Waals surface area (Å²) in [6, 6.07) is 6.46. The molecule has 1 aliphatic carbocycles. The summed E-state index contributed by atoms with van der Waals surface area (Å²) in [6.07, 6.45) is 0.885. The topological polar surface area (TPSA) is 72.2 Å². The Morgan fingerprint density at radius 3 is 2.67 bits per heavy atom. The van der Waals surface area contributed by atoms with Crippen molar-refractivity contribution in [2.45, 2.75) is 19.4 Å². The van der Waals surface area contributed by atoms with Gasteiger partial charge in [0, 0.05) is 10.4 Å². The Labute approximate surface area is 114 Å². The van der Waals surface area contributed by atoms with E-state index in [-0.39, 0.29) is 11.8 Å². The Morgan fingerprint density at radius 1 is 1.50 bits per heavy atom. The van der Waals surface area contributed by atoms with Crippen LogP contribution in [-0.4, -0.2) is 11.8 Å². The molecule has 0 heterocycles. The molecular formula is C13H15BrN2O2. The molecule has 3 atom stereocenters. The van der Waals surface area contributed by atoms with Gasteiger partial charge in [-0.2, -0.15) is 0 Å². The second kappa shape index (κ2) is 5.10. The minimum absolute atomic E-state index is 0.0269. The van der Waals surface area contributed by atoms with Crippen LogP contribution in [0.3, 0.4) is 0 Å². The van der Waals surface area contributed by atoms with E-state index in [1.165, 1.54) is 0 Å². The molecule has 0 radical (unpaired) electrons. The van der Waals surface area contributed by atoms with Gasteiger partial charge in [0.2, 0.25) is 11.8 Å². The number of nitrogens with one attached hydrogen (secondary N) is 1. The van der Waals surface area contributed by atoms with Gasteiger partial charge in [-0.3, -0.25) is 9.59 Å². The summed E-state index contributed by atoms with van der Waals surface area (Å²) in [7, 11) is 0. The summed E-state index contributed by atoms with van der Waals surface area (Å²) in [5.41, 5.74) is 6.05. The maximum atomic E-state index is 11.9. The van der Waals surface area contributed by atoms with Gasteiger partial charge in [-0.15, -0.1) is 0 Å². The average Bonchev–Trinajstić information content (AvgIpc) is 3.02. The number of primary amides is 1. The molecule has 1 aromatic carbocycles. The number of rotatable bonds is 4. The molecule has 2 rings (SSSR count). The smallest absolute Gasteiger partial charge is 0.244 e. The first-order valence-electron chi connectivity index (χ1n) is 5.84. The van der Waals surface area contributed by atoms with Crippen LogP contribution in [0.5, 0.6) is 0 Å². The molecule has 1 aromatic rings. The zero-order valence-corrected chi connectivity index (χ0v) is 11.6. The fourth-order valence-corrected chi connectivity index (χ4v) is 2.36. The van der Waals surface area contributed by atoms with Crippen LogP contribution in [-0.2, 0) is 9.59 Å². The maximum Gasteiger partial charge on any atom is 0.244 e. The first-order valence-corrected chi connectivity index (χ1v) is 6.63. The summed E-state index contributed by atoms with van der Waals surface area (Å²) >= 11 is 3.33. The predicted molar refractivity (Wildman–Crippen MR) is 71.5 cm³/mol. The van der Waals surface area contributed by atoms with E-state index >= 15 is 0 Å². The number of hydrogen-bond donors (Lipinski definition) is 2. The Hall–Kier alpha value is -1.36. The first-order chi connectivity index (χ1) is 8.49. The normalized spacial score (nSPS) is 23.2. The summed E-state index contributed by atoms with van der Waals surface area (Å²) in [6.45, 7) is 2.02. The molecular weight excluding hydrogens is 296 g/mol. The third kappa shape index (κ3) is 2.90. The van der Waals surface area contributed by atoms with E-state index in [0.29, 0.717) is 11.5 Å². The molecule has 96 valence electrons. The molecule has 0 aromatic heterocycles. The first kappa shape index (κ1) is 13.1. The molecule has 18 heavy (non-hydrogen) atoms. The fraction of sp³-hybridized carbons (Fsp3) is 0.385. The van der Waals surface area contributed by atoms with Gasteiger partial charge in [-0.05, 0) is 30.0 Å². The lowest BCUT2D eigenvalue weighted by Crippen LogP contribution is -2.38. The molecule has 1 saturated carbocycles. The van der Waals surface area contributed by atoms with Gasteiger partial charge < -0.3 is 11.1 Å². The van der Waals surface area contributed by atoms with E-state index in [2.05, 4.69) is 21.2 Å². The highest BCUT2D eigenvalue weighted by Crippen LogP contribution is 2.38. The molecule has 2 amide bonds. The number of halogens is 1. The van der Waals surface area contributed by atoms with E-state index in [9.17, 15) is 9.59 Å². The Bertz CT molecular complexity index is 490. The van der Waals surface area contributed by atoms with Crippen molar-refractivity contribution in [3.8, 4) is 0 Å². The van der Waals surface area contributed by atoms with Crippen molar-refractivity contribution >= 4 is 27.7 Å². The Balaban J connectivity index is 2.13. The molecule has 0 spiro atoms. The molecule has 1 aliphatic rings. The second-order valence-corrected chi connectivity index (χ2v) is 5.63. The standard InChI is InChI=1S/C13H15BrN2O2/c1-7-5-10(7)13(18)16-11(12(15)17)8-3-2-4-9(14)6-8/h2-4,6-7,10-11H,5H2,1H3,(H2,15,17)(H,16,18)/t7-,10+,11-/m1/s1. The lowest BCUT2D eigenvalue weighted by molar-refractivity contribution is -0.128. The van der Waals surface area contributed by atoms with Crippen molar-refractivity contribution in [1.29, 1.82) is 0 Å². The van der Waals surface area contributed by atoms with Gasteiger partial charge in [0.1, 0.15) is 6.04 Å². The SMILES string of the molecule is C[C@@H]1C[C@@H]1C(=O)N[C@@H](C(N)=O)c1cccc(Br)c1. The van der Waals surface area contributed by atoms with Crippen molar-refractivity contribution in [1.82, 2.24) is 5.32 Å². The van der Waals surface area contributed by atoms with Gasteiger partial charge in [-0.25, -0.2) is 0 Å². The van der Waals surface area contributed by atoms with Gasteiger partial charge in [0.05, 0.1) is 0 Å². The number of carbonyl (C=O) groups is 2. The summed E-state index contributed by atoms with van der Waals surface area (Å²) in [5, 5.41) is 2.72. The molecule has 4 nitrogen and oxygen atoms in total. The molecule has 0 saturated heterocycles. The third-order valence-electron chi connectivity index (χ3n) is 3.20. The van der Waals surface area contributed by atoms with Crippen LogP contribution in [0.25, 0.3) is 0 Å². The highest BCUT2D eigenvalue weighted by molar-refractivity contribution is 9.10. The molecule has 1 fully saturated rings. The average molecular weight is 311 g/mol. The Kier molecular flexibility index (Phi) is 3.71. The van der Waals surface area contributed by atoms with Crippen molar-refractivity contribution in [2.75, 3.05) is 0 Å². The van der Waals surface area contributed by atoms with Crippen molar-refractivity contribution in [3.63, 3.8) is 0 Å². The van der Waals surface area contributed by atoms with Crippen LogP contribution in [0.1, 0.15) is 24.9 Å². The second-order valence-electron chi connectivity index (χ2n) is 4.72. The zero-order valence-electron chi connectivity index (χ0n) is 10.0. The van der Waals surface area contributed by atoms with Gasteiger partial charge in [0.15, 0.2) is 0 Å². The highest BCUT2D eigenvalue weighted by Gasteiger charge is 2.40. The summed E-state index contributed by atoms with van der Waals surface area (Å²) < 4.78 is 0.847. The number of benzene rings is 1. The predicted octanol–water partition coefficient (Wildman–Crippen LogP) is 1.75. The molecule has 0 aliphatic heterocycles. The van der Waals surface area contributed by atoms with Crippen LogP contribution in [0, 0.1) is 11.8 Å². The minimum atomic E-state index is -0.761. The van der Waals surface area contributed by atoms with Crippen LogP contribution in [0.2, 0.25) is 0 Å².